The van der Waals surface area contributed by atoms with Gasteiger partial charge in [0.2, 0.25) is 0 Å². The van der Waals surface area contributed by atoms with Crippen LogP contribution in [-0.2, 0) is 0 Å². The lowest BCUT2D eigenvalue weighted by Crippen LogP contribution is -1.99. The van der Waals surface area contributed by atoms with Crippen LogP contribution in [0.2, 0.25) is 0 Å². The number of para-hydroxylation sites is 1. The molecule has 20 heavy (non-hydrogen) atoms. The Morgan fingerprint density at radius 3 is 2.75 bits per heavy atom. The molecule has 0 unspecified atom stereocenters. The van der Waals surface area contributed by atoms with Crippen LogP contribution in [-0.4, -0.2) is 4.98 Å². The molecule has 3 aromatic rings. The van der Waals surface area contributed by atoms with Gasteiger partial charge >= 0.3 is 0 Å². The van der Waals surface area contributed by atoms with E-state index in [4.69, 9.17) is 5.73 Å². The van der Waals surface area contributed by atoms with Crippen LogP contribution < -0.4 is 11.1 Å². The predicted molar refractivity (Wildman–Crippen MR) is 80.6 cm³/mol. The van der Waals surface area contributed by atoms with Crippen molar-refractivity contribution in [2.45, 2.75) is 6.92 Å². The molecule has 0 saturated carbocycles. The first kappa shape index (κ1) is 12.4. The number of pyridine rings is 1. The number of nitrogen functional groups attached to an aromatic ring is 1. The molecule has 0 fully saturated rings. The molecule has 0 aliphatic rings. The summed E-state index contributed by atoms with van der Waals surface area (Å²) in [6.45, 7) is 1.86. The highest BCUT2D eigenvalue weighted by atomic mass is 19.1. The highest BCUT2D eigenvalue weighted by Gasteiger charge is 2.09. The normalized spacial score (nSPS) is 10.7. The van der Waals surface area contributed by atoms with Crippen LogP contribution in [0.5, 0.6) is 0 Å². The molecule has 0 bridgehead atoms. The minimum Gasteiger partial charge on any atom is -0.397 e. The van der Waals surface area contributed by atoms with E-state index < -0.39 is 0 Å². The average molecular weight is 267 g/mol. The lowest BCUT2D eigenvalue weighted by molar-refractivity contribution is 0.631. The maximum Gasteiger partial charge on any atom is 0.146 e. The first-order valence-corrected chi connectivity index (χ1v) is 6.32. The van der Waals surface area contributed by atoms with Crippen LogP contribution in [0.15, 0.2) is 48.7 Å². The van der Waals surface area contributed by atoms with Gasteiger partial charge in [0.25, 0.3) is 0 Å². The largest absolute Gasteiger partial charge is 0.397 e. The number of nitrogens with two attached hydrogens (primary N) is 1. The summed E-state index contributed by atoms with van der Waals surface area (Å²) in [7, 11) is 0. The van der Waals surface area contributed by atoms with Gasteiger partial charge in [0.05, 0.1) is 16.9 Å². The fraction of sp³-hybridized carbons (Fsp3) is 0.0625. The highest BCUT2D eigenvalue weighted by molar-refractivity contribution is 5.99. The smallest absolute Gasteiger partial charge is 0.146 e. The number of nitrogens with zero attached hydrogens (tertiary/aromatic N) is 1. The van der Waals surface area contributed by atoms with E-state index in [0.29, 0.717) is 16.9 Å². The number of rotatable bonds is 2. The molecule has 100 valence electrons. The van der Waals surface area contributed by atoms with Crippen molar-refractivity contribution in [3.8, 4) is 0 Å². The van der Waals surface area contributed by atoms with Crippen molar-refractivity contribution in [3.63, 3.8) is 0 Å². The van der Waals surface area contributed by atoms with Gasteiger partial charge in [0, 0.05) is 17.3 Å². The van der Waals surface area contributed by atoms with E-state index >= 15 is 0 Å². The van der Waals surface area contributed by atoms with Crippen molar-refractivity contribution in [2.75, 3.05) is 11.1 Å². The fourth-order valence-electron chi connectivity index (χ4n) is 2.23. The van der Waals surface area contributed by atoms with E-state index in [0.717, 1.165) is 16.6 Å². The average Bonchev–Trinajstić information content (AvgIpc) is 2.46. The molecule has 1 aromatic heterocycles. The lowest BCUT2D eigenvalue weighted by atomic mass is 10.1. The number of nitrogens with one attached hydrogen (secondary N) is 1. The Morgan fingerprint density at radius 1 is 1.10 bits per heavy atom. The van der Waals surface area contributed by atoms with Crippen LogP contribution in [0.3, 0.4) is 0 Å². The molecular weight excluding hydrogens is 253 g/mol. The van der Waals surface area contributed by atoms with Crippen molar-refractivity contribution in [3.05, 3.63) is 60.0 Å². The molecule has 3 nitrogen and oxygen atoms in total. The number of fused-ring (bicyclic) bond motifs is 1. The van der Waals surface area contributed by atoms with E-state index in [-0.39, 0.29) is 5.82 Å². The summed E-state index contributed by atoms with van der Waals surface area (Å²) >= 11 is 0. The summed E-state index contributed by atoms with van der Waals surface area (Å²) in [4.78, 5) is 4.27. The number of aryl methyl sites for hydroxylation is 1. The molecule has 0 radical (unpaired) electrons. The Morgan fingerprint density at radius 2 is 1.95 bits per heavy atom. The zero-order valence-corrected chi connectivity index (χ0v) is 11.0. The quantitative estimate of drug-likeness (QED) is 0.690. The Bertz CT molecular complexity index is 764. The van der Waals surface area contributed by atoms with Crippen molar-refractivity contribution in [1.29, 1.82) is 0 Å². The van der Waals surface area contributed by atoms with Gasteiger partial charge in [-0.1, -0.05) is 12.1 Å². The number of hydrogen-bond donors (Lipinski definition) is 2. The van der Waals surface area contributed by atoms with E-state index in [9.17, 15) is 4.39 Å². The molecule has 0 aliphatic carbocycles. The lowest BCUT2D eigenvalue weighted by Gasteiger charge is -2.13. The van der Waals surface area contributed by atoms with Crippen LogP contribution >= 0.6 is 0 Å². The summed E-state index contributed by atoms with van der Waals surface area (Å²) in [5.41, 5.74) is 9.34. The minimum absolute atomic E-state index is 0.279. The Kier molecular flexibility index (Phi) is 2.99. The van der Waals surface area contributed by atoms with E-state index in [1.165, 1.54) is 6.07 Å². The topological polar surface area (TPSA) is 50.9 Å². The van der Waals surface area contributed by atoms with Gasteiger partial charge in [-0.3, -0.25) is 4.98 Å². The first-order chi connectivity index (χ1) is 9.66. The fourth-order valence-corrected chi connectivity index (χ4v) is 2.23. The third-order valence-electron chi connectivity index (χ3n) is 3.28. The Hall–Kier alpha value is -2.62. The highest BCUT2D eigenvalue weighted by Crippen LogP contribution is 2.31. The number of hydrogen-bond acceptors (Lipinski definition) is 3. The van der Waals surface area contributed by atoms with Gasteiger partial charge in [0.1, 0.15) is 5.82 Å². The van der Waals surface area contributed by atoms with Gasteiger partial charge < -0.3 is 11.1 Å². The molecule has 4 heteroatoms. The van der Waals surface area contributed by atoms with Gasteiger partial charge in [0.15, 0.2) is 0 Å². The summed E-state index contributed by atoms with van der Waals surface area (Å²) in [6, 6.07) is 12.4. The zero-order valence-electron chi connectivity index (χ0n) is 11.0. The molecule has 3 N–H and O–H groups in total. The molecule has 0 spiro atoms. The first-order valence-electron chi connectivity index (χ1n) is 6.32. The SMILES string of the molecule is Cc1cccc(F)c1Nc1ccc(N)c2ncccc12. The van der Waals surface area contributed by atoms with Crippen LogP contribution in [0.4, 0.5) is 21.5 Å². The zero-order chi connectivity index (χ0) is 14.1. The number of halogens is 1. The third-order valence-corrected chi connectivity index (χ3v) is 3.28. The maximum atomic E-state index is 13.9. The molecule has 0 saturated heterocycles. The summed E-state index contributed by atoms with van der Waals surface area (Å²) in [5, 5.41) is 4.01. The monoisotopic (exact) mass is 267 g/mol. The molecular formula is C16H14FN3. The Labute approximate surface area is 116 Å². The predicted octanol–water partition coefficient (Wildman–Crippen LogP) is 4.01. The molecule has 0 amide bonds. The summed E-state index contributed by atoms with van der Waals surface area (Å²) < 4.78 is 13.9. The second-order valence-electron chi connectivity index (χ2n) is 4.66. The number of aromatic nitrogens is 1. The van der Waals surface area contributed by atoms with E-state index in [2.05, 4.69) is 10.3 Å². The van der Waals surface area contributed by atoms with Crippen LogP contribution in [0.25, 0.3) is 10.9 Å². The standard InChI is InChI=1S/C16H14FN3/c1-10-4-2-6-12(17)15(10)20-14-8-7-13(18)16-11(14)5-3-9-19-16/h2-9,20H,18H2,1H3. The number of benzene rings is 2. The van der Waals surface area contributed by atoms with Crippen molar-refractivity contribution >= 4 is 28.0 Å². The molecule has 1 heterocycles. The van der Waals surface area contributed by atoms with Crippen LogP contribution in [0, 0.1) is 12.7 Å². The minimum atomic E-state index is -0.279. The maximum absolute atomic E-state index is 13.9. The van der Waals surface area contributed by atoms with E-state index in [1.54, 1.807) is 18.3 Å². The van der Waals surface area contributed by atoms with Crippen LogP contribution in [0.1, 0.15) is 5.56 Å². The second-order valence-corrected chi connectivity index (χ2v) is 4.66. The van der Waals surface area contributed by atoms with Gasteiger partial charge in [-0.05, 0) is 42.8 Å². The third kappa shape index (κ3) is 2.05. The van der Waals surface area contributed by atoms with Crippen molar-refractivity contribution in [1.82, 2.24) is 4.98 Å². The summed E-state index contributed by atoms with van der Waals surface area (Å²) in [6.07, 6.45) is 1.69. The molecule has 0 aliphatic heterocycles. The second kappa shape index (κ2) is 4.81. The van der Waals surface area contributed by atoms with Crippen molar-refractivity contribution < 1.29 is 4.39 Å². The molecule has 0 atom stereocenters. The molecule has 3 rings (SSSR count). The molecule has 2 aromatic carbocycles. The van der Waals surface area contributed by atoms with Gasteiger partial charge in [-0.25, -0.2) is 4.39 Å². The van der Waals surface area contributed by atoms with Crippen molar-refractivity contribution in [2.24, 2.45) is 0 Å². The van der Waals surface area contributed by atoms with Gasteiger partial charge in [-0.2, -0.15) is 0 Å². The Balaban J connectivity index is 2.14. The number of anilines is 3. The summed E-state index contributed by atoms with van der Waals surface area (Å²) in [5.74, 6) is -0.279. The van der Waals surface area contributed by atoms with E-state index in [1.807, 2.05) is 31.2 Å². The van der Waals surface area contributed by atoms with Gasteiger partial charge in [-0.15, -0.1) is 0 Å².